The summed E-state index contributed by atoms with van der Waals surface area (Å²) < 4.78 is 5.94. The van der Waals surface area contributed by atoms with Gasteiger partial charge in [-0.25, -0.2) is 0 Å². The van der Waals surface area contributed by atoms with Crippen LogP contribution in [0, 0.1) is 13.8 Å². The summed E-state index contributed by atoms with van der Waals surface area (Å²) in [6, 6.07) is 3.90. The molecule has 0 radical (unpaired) electrons. The van der Waals surface area contributed by atoms with Crippen molar-refractivity contribution in [2.75, 3.05) is 26.2 Å². The number of likely N-dealkylation sites (tertiary alicyclic amines) is 1. The van der Waals surface area contributed by atoms with Gasteiger partial charge in [-0.1, -0.05) is 6.92 Å². The van der Waals surface area contributed by atoms with Crippen molar-refractivity contribution in [3.63, 3.8) is 0 Å². The molecule has 3 nitrogen and oxygen atoms in total. The first kappa shape index (κ1) is 15.0. The van der Waals surface area contributed by atoms with Crippen molar-refractivity contribution in [3.05, 3.63) is 28.8 Å². The van der Waals surface area contributed by atoms with Gasteiger partial charge in [0.15, 0.2) is 5.78 Å². The minimum atomic E-state index is 0.194. The highest BCUT2D eigenvalue weighted by Crippen LogP contribution is 2.25. The Morgan fingerprint density at radius 3 is 2.35 bits per heavy atom. The molecular formula is C17H25NO2. The van der Waals surface area contributed by atoms with Gasteiger partial charge in [-0.15, -0.1) is 0 Å². The molecule has 0 spiro atoms. The molecule has 0 bridgehead atoms. The molecule has 20 heavy (non-hydrogen) atoms. The molecule has 3 heteroatoms. The highest BCUT2D eigenvalue weighted by atomic mass is 16.5. The van der Waals surface area contributed by atoms with Gasteiger partial charge < -0.3 is 4.74 Å². The van der Waals surface area contributed by atoms with E-state index in [1.165, 1.54) is 25.9 Å². The third kappa shape index (κ3) is 3.60. The van der Waals surface area contributed by atoms with Crippen LogP contribution in [0.15, 0.2) is 12.1 Å². The summed E-state index contributed by atoms with van der Waals surface area (Å²) in [5.41, 5.74) is 2.92. The lowest BCUT2D eigenvalue weighted by Crippen LogP contribution is -2.25. The van der Waals surface area contributed by atoms with Gasteiger partial charge in [0.1, 0.15) is 12.4 Å². The molecule has 0 atom stereocenters. The van der Waals surface area contributed by atoms with Crippen molar-refractivity contribution in [2.24, 2.45) is 0 Å². The summed E-state index contributed by atoms with van der Waals surface area (Å²) in [6.45, 7) is 10.1. The number of rotatable bonds is 6. The van der Waals surface area contributed by atoms with Crippen LogP contribution in [0.4, 0.5) is 0 Å². The highest BCUT2D eigenvalue weighted by Gasteiger charge is 2.13. The lowest BCUT2D eigenvalue weighted by atomic mass is 10.0. The van der Waals surface area contributed by atoms with Gasteiger partial charge in [-0.05, 0) is 63.0 Å². The lowest BCUT2D eigenvalue weighted by molar-refractivity contribution is 0.0988. The Labute approximate surface area is 121 Å². The maximum absolute atomic E-state index is 11.8. The summed E-state index contributed by atoms with van der Waals surface area (Å²) in [4.78, 5) is 14.2. The summed E-state index contributed by atoms with van der Waals surface area (Å²) in [5, 5.41) is 0. The largest absolute Gasteiger partial charge is 0.492 e. The van der Waals surface area contributed by atoms with Gasteiger partial charge >= 0.3 is 0 Å². The maximum atomic E-state index is 11.8. The number of hydrogen-bond donors (Lipinski definition) is 0. The van der Waals surface area contributed by atoms with Crippen LogP contribution in [0.3, 0.4) is 0 Å². The Hall–Kier alpha value is -1.35. The average Bonchev–Trinajstić information content (AvgIpc) is 2.93. The van der Waals surface area contributed by atoms with Crippen molar-refractivity contribution in [2.45, 2.75) is 40.0 Å². The highest BCUT2D eigenvalue weighted by molar-refractivity contribution is 5.96. The van der Waals surface area contributed by atoms with Gasteiger partial charge in [0, 0.05) is 18.5 Å². The number of ether oxygens (including phenoxy) is 1. The van der Waals surface area contributed by atoms with Gasteiger partial charge in [0.05, 0.1) is 0 Å². The zero-order valence-electron chi connectivity index (χ0n) is 12.9. The summed E-state index contributed by atoms with van der Waals surface area (Å²) in [7, 11) is 0. The Morgan fingerprint density at radius 2 is 1.80 bits per heavy atom. The molecule has 1 aliphatic heterocycles. The van der Waals surface area contributed by atoms with E-state index in [9.17, 15) is 4.79 Å². The van der Waals surface area contributed by atoms with Crippen molar-refractivity contribution in [3.8, 4) is 5.75 Å². The number of ketones is 1. The van der Waals surface area contributed by atoms with Crippen molar-refractivity contribution >= 4 is 5.78 Å². The molecule has 0 aromatic heterocycles. The maximum Gasteiger partial charge on any atom is 0.162 e. The first-order valence-corrected chi connectivity index (χ1v) is 7.61. The smallest absolute Gasteiger partial charge is 0.162 e. The molecule has 1 heterocycles. The SMILES string of the molecule is CCC(=O)c1cc(C)c(OCCN2CCCC2)c(C)c1. The van der Waals surface area contributed by atoms with E-state index in [1.54, 1.807) is 0 Å². The van der Waals surface area contributed by atoms with Crippen LogP contribution in [-0.2, 0) is 0 Å². The summed E-state index contributed by atoms with van der Waals surface area (Å²) in [6.07, 6.45) is 3.17. The summed E-state index contributed by atoms with van der Waals surface area (Å²) >= 11 is 0. The van der Waals surface area contributed by atoms with Gasteiger partial charge in [-0.2, -0.15) is 0 Å². The predicted octanol–water partition coefficient (Wildman–Crippen LogP) is 3.37. The Kier molecular flexibility index (Phi) is 5.18. The van der Waals surface area contributed by atoms with E-state index in [4.69, 9.17) is 4.74 Å². The lowest BCUT2D eigenvalue weighted by Gasteiger charge is -2.17. The quantitative estimate of drug-likeness (QED) is 0.745. The number of benzene rings is 1. The molecule has 1 aromatic carbocycles. The van der Waals surface area contributed by atoms with E-state index in [2.05, 4.69) is 4.90 Å². The molecule has 1 fully saturated rings. The normalized spacial score (nSPS) is 15.6. The van der Waals surface area contributed by atoms with Crippen LogP contribution in [-0.4, -0.2) is 36.9 Å². The fraction of sp³-hybridized carbons (Fsp3) is 0.588. The fourth-order valence-corrected chi connectivity index (χ4v) is 2.83. The van der Waals surface area contributed by atoms with Crippen LogP contribution in [0.2, 0.25) is 0 Å². The third-order valence-corrected chi connectivity index (χ3v) is 3.96. The fourth-order valence-electron chi connectivity index (χ4n) is 2.83. The zero-order chi connectivity index (χ0) is 14.5. The molecular weight excluding hydrogens is 250 g/mol. The third-order valence-electron chi connectivity index (χ3n) is 3.96. The molecule has 0 unspecified atom stereocenters. The van der Waals surface area contributed by atoms with Crippen LogP contribution >= 0.6 is 0 Å². The first-order chi connectivity index (χ1) is 9.61. The van der Waals surface area contributed by atoms with Gasteiger partial charge in [0.25, 0.3) is 0 Å². The second kappa shape index (κ2) is 6.89. The number of aryl methyl sites for hydroxylation is 2. The minimum absolute atomic E-state index is 0.194. The second-order valence-corrected chi connectivity index (χ2v) is 5.61. The second-order valence-electron chi connectivity index (χ2n) is 5.61. The molecule has 2 rings (SSSR count). The molecule has 0 amide bonds. The van der Waals surface area contributed by atoms with E-state index in [0.717, 1.165) is 35.6 Å². The van der Waals surface area contributed by atoms with Gasteiger partial charge in [0.2, 0.25) is 0 Å². The van der Waals surface area contributed by atoms with Crippen molar-refractivity contribution < 1.29 is 9.53 Å². The minimum Gasteiger partial charge on any atom is -0.492 e. The number of carbonyl (C=O) groups is 1. The average molecular weight is 275 g/mol. The Morgan fingerprint density at radius 1 is 1.20 bits per heavy atom. The molecule has 0 saturated carbocycles. The van der Waals surface area contributed by atoms with E-state index in [-0.39, 0.29) is 5.78 Å². The number of carbonyl (C=O) groups excluding carboxylic acids is 1. The number of Topliss-reactive ketones (excluding diaryl/α,β-unsaturated/α-hetero) is 1. The zero-order valence-corrected chi connectivity index (χ0v) is 12.9. The molecule has 0 N–H and O–H groups in total. The van der Waals surface area contributed by atoms with Crippen molar-refractivity contribution in [1.82, 2.24) is 4.90 Å². The van der Waals surface area contributed by atoms with E-state index in [0.29, 0.717) is 6.42 Å². The summed E-state index contributed by atoms with van der Waals surface area (Å²) in [5.74, 6) is 1.14. The van der Waals surface area contributed by atoms with Crippen LogP contribution in [0.5, 0.6) is 5.75 Å². The van der Waals surface area contributed by atoms with E-state index < -0.39 is 0 Å². The van der Waals surface area contributed by atoms with Crippen LogP contribution in [0.25, 0.3) is 0 Å². The first-order valence-electron chi connectivity index (χ1n) is 7.61. The predicted molar refractivity (Wildman–Crippen MR) is 81.7 cm³/mol. The van der Waals surface area contributed by atoms with Crippen LogP contribution in [0.1, 0.15) is 47.7 Å². The van der Waals surface area contributed by atoms with E-state index >= 15 is 0 Å². The van der Waals surface area contributed by atoms with Crippen LogP contribution < -0.4 is 4.74 Å². The Balaban J connectivity index is 1.98. The molecule has 1 saturated heterocycles. The molecule has 110 valence electrons. The Bertz CT molecular complexity index is 453. The molecule has 0 aliphatic carbocycles. The van der Waals surface area contributed by atoms with Crippen molar-refractivity contribution in [1.29, 1.82) is 0 Å². The monoisotopic (exact) mass is 275 g/mol. The number of hydrogen-bond acceptors (Lipinski definition) is 3. The number of nitrogens with zero attached hydrogens (tertiary/aromatic N) is 1. The van der Waals surface area contributed by atoms with Gasteiger partial charge in [-0.3, -0.25) is 9.69 Å². The molecule has 1 aliphatic rings. The topological polar surface area (TPSA) is 29.5 Å². The molecule has 1 aromatic rings. The standard InChI is InChI=1S/C17H25NO2/c1-4-16(19)15-11-13(2)17(14(3)12-15)20-10-9-18-7-5-6-8-18/h11-12H,4-10H2,1-3H3. The van der Waals surface area contributed by atoms with E-state index in [1.807, 2.05) is 32.9 Å².